The number of carbonyl (C=O) groups is 1. The molecular formula is C11H15BrN2O. The number of amides is 1. The Bertz CT molecular complexity index is 320. The highest BCUT2D eigenvalue weighted by Gasteiger charge is 2.09. The Labute approximate surface area is 98.2 Å². The Balaban J connectivity index is 2.64. The zero-order valence-electron chi connectivity index (χ0n) is 8.66. The summed E-state index contributed by atoms with van der Waals surface area (Å²) in [5.41, 5.74) is 6.17. The first-order valence-electron chi connectivity index (χ1n) is 4.94. The van der Waals surface area contributed by atoms with E-state index in [0.717, 1.165) is 10.9 Å². The van der Waals surface area contributed by atoms with Crippen LogP contribution in [0.4, 0.5) is 0 Å². The van der Waals surface area contributed by atoms with Crippen LogP contribution in [0, 0.1) is 0 Å². The van der Waals surface area contributed by atoms with Crippen molar-refractivity contribution < 1.29 is 4.79 Å². The van der Waals surface area contributed by atoms with Gasteiger partial charge in [0, 0.05) is 22.6 Å². The van der Waals surface area contributed by atoms with Crippen molar-refractivity contribution in [3.63, 3.8) is 0 Å². The molecule has 1 aromatic rings. The normalized spacial score (nSPS) is 12.2. The minimum atomic E-state index is -0.0696. The fourth-order valence-corrected chi connectivity index (χ4v) is 1.46. The second-order valence-corrected chi connectivity index (χ2v) is 4.24. The fraction of sp³-hybridized carbons (Fsp3) is 0.364. The SMILES string of the molecule is CCC(CN)NC(=O)c1ccc(Br)cc1. The molecule has 0 spiro atoms. The van der Waals surface area contributed by atoms with Crippen LogP contribution in [0.1, 0.15) is 23.7 Å². The average molecular weight is 271 g/mol. The van der Waals surface area contributed by atoms with Crippen molar-refractivity contribution in [3.05, 3.63) is 34.3 Å². The lowest BCUT2D eigenvalue weighted by atomic mass is 10.1. The first kappa shape index (κ1) is 12.2. The molecular weight excluding hydrogens is 256 g/mol. The summed E-state index contributed by atoms with van der Waals surface area (Å²) in [4.78, 5) is 11.7. The van der Waals surface area contributed by atoms with Crippen molar-refractivity contribution in [3.8, 4) is 0 Å². The van der Waals surface area contributed by atoms with Gasteiger partial charge >= 0.3 is 0 Å². The van der Waals surface area contributed by atoms with Crippen LogP contribution >= 0.6 is 15.9 Å². The second-order valence-electron chi connectivity index (χ2n) is 3.32. The van der Waals surface area contributed by atoms with Crippen molar-refractivity contribution in [1.82, 2.24) is 5.32 Å². The Hall–Kier alpha value is -0.870. The van der Waals surface area contributed by atoms with E-state index in [9.17, 15) is 4.79 Å². The van der Waals surface area contributed by atoms with E-state index in [-0.39, 0.29) is 11.9 Å². The number of rotatable bonds is 4. The van der Waals surface area contributed by atoms with Gasteiger partial charge in [0.05, 0.1) is 0 Å². The summed E-state index contributed by atoms with van der Waals surface area (Å²) >= 11 is 3.32. The molecule has 0 aromatic heterocycles. The number of nitrogens with one attached hydrogen (secondary N) is 1. The van der Waals surface area contributed by atoms with Crippen molar-refractivity contribution in [1.29, 1.82) is 0 Å². The first-order chi connectivity index (χ1) is 7.17. The van der Waals surface area contributed by atoms with E-state index < -0.39 is 0 Å². The van der Waals surface area contributed by atoms with Gasteiger partial charge in [0.15, 0.2) is 0 Å². The molecule has 1 atom stereocenters. The summed E-state index contributed by atoms with van der Waals surface area (Å²) in [6.07, 6.45) is 0.846. The van der Waals surface area contributed by atoms with E-state index in [1.807, 2.05) is 19.1 Å². The monoisotopic (exact) mass is 270 g/mol. The van der Waals surface area contributed by atoms with Gasteiger partial charge in [-0.15, -0.1) is 0 Å². The van der Waals surface area contributed by atoms with E-state index in [0.29, 0.717) is 12.1 Å². The van der Waals surface area contributed by atoms with Crippen LogP contribution in [0.25, 0.3) is 0 Å². The van der Waals surface area contributed by atoms with Crippen molar-refractivity contribution in [2.45, 2.75) is 19.4 Å². The molecule has 0 aliphatic rings. The molecule has 3 N–H and O–H groups in total. The number of carbonyl (C=O) groups excluding carboxylic acids is 1. The lowest BCUT2D eigenvalue weighted by molar-refractivity contribution is 0.0937. The van der Waals surface area contributed by atoms with E-state index in [4.69, 9.17) is 5.73 Å². The summed E-state index contributed by atoms with van der Waals surface area (Å²) < 4.78 is 0.963. The summed E-state index contributed by atoms with van der Waals surface area (Å²) in [5.74, 6) is -0.0696. The zero-order valence-corrected chi connectivity index (χ0v) is 10.3. The van der Waals surface area contributed by atoms with Crippen LogP contribution in [0.2, 0.25) is 0 Å². The van der Waals surface area contributed by atoms with Gasteiger partial charge in [-0.3, -0.25) is 4.79 Å². The largest absolute Gasteiger partial charge is 0.348 e. The van der Waals surface area contributed by atoms with Crippen molar-refractivity contribution in [2.24, 2.45) is 5.73 Å². The molecule has 1 amide bonds. The number of benzene rings is 1. The minimum absolute atomic E-state index is 0.0566. The predicted octanol–water partition coefficient (Wildman–Crippen LogP) is 1.92. The summed E-state index contributed by atoms with van der Waals surface area (Å²) in [5, 5.41) is 2.87. The molecule has 0 fully saturated rings. The quantitative estimate of drug-likeness (QED) is 0.879. The molecule has 3 nitrogen and oxygen atoms in total. The molecule has 0 bridgehead atoms. The maximum absolute atomic E-state index is 11.7. The highest BCUT2D eigenvalue weighted by Crippen LogP contribution is 2.10. The van der Waals surface area contributed by atoms with E-state index in [2.05, 4.69) is 21.2 Å². The van der Waals surface area contributed by atoms with E-state index in [1.54, 1.807) is 12.1 Å². The summed E-state index contributed by atoms with van der Waals surface area (Å²) in [7, 11) is 0. The van der Waals surface area contributed by atoms with Crippen LogP contribution in [0.3, 0.4) is 0 Å². The minimum Gasteiger partial charge on any atom is -0.348 e. The predicted molar refractivity (Wildman–Crippen MR) is 64.7 cm³/mol. The van der Waals surface area contributed by atoms with Gasteiger partial charge in [-0.1, -0.05) is 22.9 Å². The maximum atomic E-state index is 11.7. The molecule has 0 saturated carbocycles. The van der Waals surface area contributed by atoms with Gasteiger partial charge in [0.1, 0.15) is 0 Å². The van der Waals surface area contributed by atoms with Crippen molar-refractivity contribution in [2.75, 3.05) is 6.54 Å². The Morgan fingerprint density at radius 3 is 2.53 bits per heavy atom. The molecule has 1 unspecified atom stereocenters. The van der Waals surface area contributed by atoms with Crippen LogP contribution in [0.15, 0.2) is 28.7 Å². The van der Waals surface area contributed by atoms with E-state index >= 15 is 0 Å². The van der Waals surface area contributed by atoms with Crippen LogP contribution in [-0.2, 0) is 0 Å². The molecule has 1 aromatic carbocycles. The van der Waals surface area contributed by atoms with Gasteiger partial charge in [-0.25, -0.2) is 0 Å². The zero-order chi connectivity index (χ0) is 11.3. The van der Waals surface area contributed by atoms with Crippen LogP contribution in [-0.4, -0.2) is 18.5 Å². The molecule has 0 saturated heterocycles. The third-order valence-electron chi connectivity index (χ3n) is 2.22. The maximum Gasteiger partial charge on any atom is 0.251 e. The number of nitrogens with two attached hydrogens (primary N) is 1. The summed E-state index contributed by atoms with van der Waals surface area (Å²) in [6.45, 7) is 2.47. The smallest absolute Gasteiger partial charge is 0.251 e. The van der Waals surface area contributed by atoms with Crippen molar-refractivity contribution >= 4 is 21.8 Å². The van der Waals surface area contributed by atoms with Gasteiger partial charge < -0.3 is 11.1 Å². The van der Waals surface area contributed by atoms with Gasteiger partial charge in [-0.2, -0.15) is 0 Å². The molecule has 1 rings (SSSR count). The third kappa shape index (κ3) is 3.64. The van der Waals surface area contributed by atoms with Crippen LogP contribution < -0.4 is 11.1 Å². The van der Waals surface area contributed by atoms with Gasteiger partial charge in [0.25, 0.3) is 5.91 Å². The number of halogens is 1. The third-order valence-corrected chi connectivity index (χ3v) is 2.75. The Morgan fingerprint density at radius 1 is 1.47 bits per heavy atom. The number of hydrogen-bond donors (Lipinski definition) is 2. The molecule has 82 valence electrons. The highest BCUT2D eigenvalue weighted by atomic mass is 79.9. The standard InChI is InChI=1S/C11H15BrN2O/c1-2-10(7-13)14-11(15)8-3-5-9(12)6-4-8/h3-6,10H,2,7,13H2,1H3,(H,14,15). The second kappa shape index (κ2) is 5.88. The lowest BCUT2D eigenvalue weighted by Crippen LogP contribution is -2.39. The van der Waals surface area contributed by atoms with Gasteiger partial charge in [0.2, 0.25) is 0 Å². The molecule has 0 aliphatic heterocycles. The van der Waals surface area contributed by atoms with E-state index in [1.165, 1.54) is 0 Å². The number of hydrogen-bond acceptors (Lipinski definition) is 2. The van der Waals surface area contributed by atoms with Gasteiger partial charge in [-0.05, 0) is 30.7 Å². The first-order valence-corrected chi connectivity index (χ1v) is 5.73. The highest BCUT2D eigenvalue weighted by molar-refractivity contribution is 9.10. The molecule has 15 heavy (non-hydrogen) atoms. The molecule has 0 heterocycles. The summed E-state index contributed by atoms with van der Waals surface area (Å²) in [6, 6.07) is 7.31. The lowest BCUT2D eigenvalue weighted by Gasteiger charge is -2.14. The Morgan fingerprint density at radius 2 is 2.07 bits per heavy atom. The molecule has 4 heteroatoms. The van der Waals surface area contributed by atoms with Crippen LogP contribution in [0.5, 0.6) is 0 Å². The fourth-order valence-electron chi connectivity index (χ4n) is 1.20. The topological polar surface area (TPSA) is 55.1 Å². The molecule has 0 aliphatic carbocycles. The Kier molecular flexibility index (Phi) is 4.78. The average Bonchev–Trinajstić information content (AvgIpc) is 2.26. The molecule has 0 radical (unpaired) electrons.